The van der Waals surface area contributed by atoms with Crippen molar-refractivity contribution in [2.45, 2.75) is 50.6 Å². The predicted octanol–water partition coefficient (Wildman–Crippen LogP) is 3.12. The van der Waals surface area contributed by atoms with Crippen LogP contribution in [0.4, 0.5) is 0 Å². The predicted molar refractivity (Wildman–Crippen MR) is 80.1 cm³/mol. The molecule has 2 aliphatic rings. The zero-order chi connectivity index (χ0) is 13.2. The van der Waals surface area contributed by atoms with E-state index in [1.165, 1.54) is 56.2 Å². The lowest BCUT2D eigenvalue weighted by Gasteiger charge is -2.37. The third-order valence-corrected chi connectivity index (χ3v) is 5.11. The van der Waals surface area contributed by atoms with E-state index >= 15 is 0 Å². The molecule has 0 aliphatic heterocycles. The molecule has 1 aromatic rings. The molecule has 0 radical (unpaired) electrons. The standard InChI is InChI=1S/C17H26N2/c1-19(12-13-6-4-7-13)16-11-5-9-14-8-2-3-10-15(14)17(16)18/h2-3,8,10,13,16-17H,4-7,9,11-12,18H2,1H3. The van der Waals surface area contributed by atoms with E-state index in [0.29, 0.717) is 6.04 Å². The van der Waals surface area contributed by atoms with Crippen molar-refractivity contribution in [2.75, 3.05) is 13.6 Å². The van der Waals surface area contributed by atoms with Crippen molar-refractivity contribution in [3.63, 3.8) is 0 Å². The topological polar surface area (TPSA) is 29.3 Å². The van der Waals surface area contributed by atoms with Gasteiger partial charge in [-0.05, 0) is 56.2 Å². The Morgan fingerprint density at radius 1 is 1.16 bits per heavy atom. The van der Waals surface area contributed by atoms with Gasteiger partial charge in [0.05, 0.1) is 0 Å². The van der Waals surface area contributed by atoms with Gasteiger partial charge in [-0.15, -0.1) is 0 Å². The number of hydrogen-bond acceptors (Lipinski definition) is 2. The average Bonchev–Trinajstić information content (AvgIpc) is 2.54. The molecule has 0 aromatic heterocycles. The molecule has 2 nitrogen and oxygen atoms in total. The van der Waals surface area contributed by atoms with E-state index < -0.39 is 0 Å². The SMILES string of the molecule is CN(CC1CCC1)C1CCCc2ccccc2C1N. The normalized spacial score (nSPS) is 27.7. The van der Waals surface area contributed by atoms with E-state index in [-0.39, 0.29) is 6.04 Å². The number of fused-ring (bicyclic) bond motifs is 1. The van der Waals surface area contributed by atoms with Gasteiger partial charge in [0.1, 0.15) is 0 Å². The highest BCUT2D eigenvalue weighted by molar-refractivity contribution is 5.32. The first-order valence-corrected chi connectivity index (χ1v) is 7.79. The molecule has 19 heavy (non-hydrogen) atoms. The van der Waals surface area contributed by atoms with Crippen molar-refractivity contribution in [2.24, 2.45) is 11.7 Å². The molecule has 2 aliphatic carbocycles. The van der Waals surface area contributed by atoms with Gasteiger partial charge in [0, 0.05) is 18.6 Å². The highest BCUT2D eigenvalue weighted by Gasteiger charge is 2.29. The first-order chi connectivity index (χ1) is 9.25. The Hall–Kier alpha value is -0.860. The summed E-state index contributed by atoms with van der Waals surface area (Å²) in [6.07, 6.45) is 7.96. The van der Waals surface area contributed by atoms with Crippen molar-refractivity contribution in [1.82, 2.24) is 4.90 Å². The van der Waals surface area contributed by atoms with E-state index in [4.69, 9.17) is 5.73 Å². The quantitative estimate of drug-likeness (QED) is 0.844. The lowest BCUT2D eigenvalue weighted by molar-refractivity contribution is 0.139. The van der Waals surface area contributed by atoms with Crippen LogP contribution in [0, 0.1) is 5.92 Å². The van der Waals surface area contributed by atoms with Crippen molar-refractivity contribution < 1.29 is 0 Å². The second kappa shape index (κ2) is 5.64. The van der Waals surface area contributed by atoms with E-state index in [2.05, 4.69) is 36.2 Å². The zero-order valence-corrected chi connectivity index (χ0v) is 12.0. The molecule has 2 heteroatoms. The van der Waals surface area contributed by atoms with Crippen LogP contribution < -0.4 is 5.73 Å². The summed E-state index contributed by atoms with van der Waals surface area (Å²) < 4.78 is 0. The van der Waals surface area contributed by atoms with Gasteiger partial charge >= 0.3 is 0 Å². The summed E-state index contributed by atoms with van der Waals surface area (Å²) in [5.41, 5.74) is 9.43. The van der Waals surface area contributed by atoms with E-state index in [1.54, 1.807) is 0 Å². The molecule has 1 fully saturated rings. The lowest BCUT2D eigenvalue weighted by atomic mass is 9.84. The molecule has 104 valence electrons. The van der Waals surface area contributed by atoms with Gasteiger partial charge in [-0.3, -0.25) is 0 Å². The molecule has 0 bridgehead atoms. The number of rotatable bonds is 3. The molecule has 2 unspecified atom stereocenters. The summed E-state index contributed by atoms with van der Waals surface area (Å²) in [5, 5.41) is 0. The minimum absolute atomic E-state index is 0.184. The van der Waals surface area contributed by atoms with Crippen LogP contribution in [0.25, 0.3) is 0 Å². The van der Waals surface area contributed by atoms with Crippen molar-refractivity contribution in [1.29, 1.82) is 0 Å². The molecule has 2 atom stereocenters. The highest BCUT2D eigenvalue weighted by atomic mass is 15.1. The van der Waals surface area contributed by atoms with Crippen LogP contribution in [0.3, 0.4) is 0 Å². The van der Waals surface area contributed by atoms with Crippen LogP contribution in [0.2, 0.25) is 0 Å². The Labute approximate surface area is 117 Å². The second-order valence-corrected chi connectivity index (χ2v) is 6.42. The first-order valence-electron chi connectivity index (χ1n) is 7.79. The van der Waals surface area contributed by atoms with Gasteiger partial charge in [0.15, 0.2) is 0 Å². The summed E-state index contributed by atoms with van der Waals surface area (Å²) in [6.45, 7) is 1.24. The van der Waals surface area contributed by atoms with Gasteiger partial charge in [0.25, 0.3) is 0 Å². The van der Waals surface area contributed by atoms with Crippen LogP contribution in [-0.4, -0.2) is 24.5 Å². The van der Waals surface area contributed by atoms with Gasteiger partial charge in [-0.2, -0.15) is 0 Å². The summed E-state index contributed by atoms with van der Waals surface area (Å²) in [5.74, 6) is 0.927. The van der Waals surface area contributed by atoms with E-state index in [0.717, 1.165) is 5.92 Å². The number of benzene rings is 1. The Balaban J connectivity index is 1.74. The van der Waals surface area contributed by atoms with Crippen molar-refractivity contribution >= 4 is 0 Å². The van der Waals surface area contributed by atoms with Gasteiger partial charge < -0.3 is 10.6 Å². The molecule has 1 aromatic carbocycles. The number of nitrogens with two attached hydrogens (primary N) is 1. The maximum absolute atomic E-state index is 6.59. The summed E-state index contributed by atoms with van der Waals surface area (Å²) in [4.78, 5) is 2.54. The maximum Gasteiger partial charge on any atom is 0.0455 e. The number of likely N-dealkylation sites (N-methyl/N-ethyl adjacent to an activating group) is 1. The number of nitrogens with zero attached hydrogens (tertiary/aromatic N) is 1. The lowest BCUT2D eigenvalue weighted by Crippen LogP contribution is -2.43. The van der Waals surface area contributed by atoms with Crippen LogP contribution in [0.1, 0.15) is 49.3 Å². The molecular formula is C17H26N2. The molecule has 0 saturated heterocycles. The molecule has 3 rings (SSSR count). The van der Waals surface area contributed by atoms with E-state index in [1.807, 2.05) is 0 Å². The smallest absolute Gasteiger partial charge is 0.0455 e. The Kier molecular flexibility index (Phi) is 3.90. The van der Waals surface area contributed by atoms with Crippen molar-refractivity contribution in [3.05, 3.63) is 35.4 Å². The fraction of sp³-hybridized carbons (Fsp3) is 0.647. The van der Waals surface area contributed by atoms with Crippen LogP contribution in [-0.2, 0) is 6.42 Å². The Morgan fingerprint density at radius 2 is 1.95 bits per heavy atom. The fourth-order valence-electron chi connectivity index (χ4n) is 3.69. The Bertz CT molecular complexity index is 425. The monoisotopic (exact) mass is 258 g/mol. The number of aryl methyl sites for hydroxylation is 1. The summed E-state index contributed by atoms with van der Waals surface area (Å²) in [6, 6.07) is 9.46. The first kappa shape index (κ1) is 13.1. The minimum atomic E-state index is 0.184. The van der Waals surface area contributed by atoms with Crippen LogP contribution >= 0.6 is 0 Å². The molecule has 2 N–H and O–H groups in total. The molecule has 0 amide bonds. The van der Waals surface area contributed by atoms with Gasteiger partial charge in [-0.1, -0.05) is 30.7 Å². The molecule has 0 heterocycles. The Morgan fingerprint density at radius 3 is 2.68 bits per heavy atom. The summed E-state index contributed by atoms with van der Waals surface area (Å²) >= 11 is 0. The van der Waals surface area contributed by atoms with Crippen LogP contribution in [0.15, 0.2) is 24.3 Å². The van der Waals surface area contributed by atoms with Gasteiger partial charge in [0.2, 0.25) is 0 Å². The summed E-state index contributed by atoms with van der Waals surface area (Å²) in [7, 11) is 2.27. The third kappa shape index (κ3) is 2.70. The average molecular weight is 258 g/mol. The highest BCUT2D eigenvalue weighted by Crippen LogP contribution is 2.32. The molecule has 1 saturated carbocycles. The minimum Gasteiger partial charge on any atom is -0.323 e. The second-order valence-electron chi connectivity index (χ2n) is 6.42. The zero-order valence-electron chi connectivity index (χ0n) is 12.0. The third-order valence-electron chi connectivity index (χ3n) is 5.11. The van der Waals surface area contributed by atoms with Crippen molar-refractivity contribution in [3.8, 4) is 0 Å². The fourth-order valence-corrected chi connectivity index (χ4v) is 3.69. The molecular weight excluding hydrogens is 232 g/mol. The number of hydrogen-bond donors (Lipinski definition) is 1. The maximum atomic E-state index is 6.59. The molecule has 0 spiro atoms. The van der Waals surface area contributed by atoms with Gasteiger partial charge in [-0.25, -0.2) is 0 Å². The largest absolute Gasteiger partial charge is 0.323 e. The van der Waals surface area contributed by atoms with E-state index in [9.17, 15) is 0 Å². The van der Waals surface area contributed by atoms with Crippen LogP contribution in [0.5, 0.6) is 0 Å².